The zero-order valence-electron chi connectivity index (χ0n) is 25.7. The van der Waals surface area contributed by atoms with Gasteiger partial charge in [0.2, 0.25) is 12.3 Å². The molecule has 2 amide bonds. The Hall–Kier alpha value is -3.72. The number of hydrogen-bond acceptors (Lipinski definition) is 6. The minimum atomic E-state index is -0.826. The number of carbonyl (C=O) groups excluding carboxylic acids is 2. The molecular formula is C36H48N4O4. The van der Waals surface area contributed by atoms with Gasteiger partial charge in [-0.05, 0) is 73.6 Å². The molecule has 6 N–H and O–H groups in total. The first-order chi connectivity index (χ1) is 21.5. The summed E-state index contributed by atoms with van der Waals surface area (Å²) in [5.74, 6) is -0.162. The van der Waals surface area contributed by atoms with Gasteiger partial charge in [0.25, 0.3) is 0 Å². The number of nitrogens with zero attached hydrogens (tertiary/aromatic N) is 1. The first-order valence-electron chi connectivity index (χ1n) is 16.0. The smallest absolute Gasteiger partial charge is 0.232 e. The molecule has 1 fully saturated rings. The van der Waals surface area contributed by atoms with Crippen molar-refractivity contribution in [3.63, 3.8) is 0 Å². The zero-order valence-corrected chi connectivity index (χ0v) is 25.7. The van der Waals surface area contributed by atoms with Crippen molar-refractivity contribution >= 4 is 18.0 Å². The van der Waals surface area contributed by atoms with Crippen LogP contribution in [0.3, 0.4) is 0 Å². The van der Waals surface area contributed by atoms with Gasteiger partial charge in [-0.2, -0.15) is 0 Å². The maximum Gasteiger partial charge on any atom is 0.232 e. The lowest BCUT2D eigenvalue weighted by Gasteiger charge is -2.37. The Morgan fingerprint density at radius 2 is 1.55 bits per heavy atom. The van der Waals surface area contributed by atoms with Crippen LogP contribution in [0.25, 0.3) is 0 Å². The van der Waals surface area contributed by atoms with Gasteiger partial charge in [0.1, 0.15) is 11.2 Å². The topological polar surface area (TPSA) is 128 Å². The minimum Gasteiger partial charge on any atom is -0.506 e. The van der Waals surface area contributed by atoms with Crippen LogP contribution in [0.15, 0.2) is 78.9 Å². The molecule has 0 spiro atoms. The average molecular weight is 601 g/mol. The number of amides is 2. The lowest BCUT2D eigenvalue weighted by Crippen LogP contribution is -2.49. The number of nitrogens with one attached hydrogen (secondary N) is 2. The Morgan fingerprint density at radius 3 is 2.16 bits per heavy atom. The summed E-state index contributed by atoms with van der Waals surface area (Å²) in [6.45, 7) is 4.17. The summed E-state index contributed by atoms with van der Waals surface area (Å²) in [6.07, 6.45) is 8.95. The van der Waals surface area contributed by atoms with E-state index in [0.29, 0.717) is 18.5 Å². The van der Waals surface area contributed by atoms with Crippen molar-refractivity contribution in [3.05, 3.63) is 95.6 Å². The number of phenolic OH excluding ortho intramolecular Hbond substituents is 1. The van der Waals surface area contributed by atoms with Crippen LogP contribution in [0.2, 0.25) is 0 Å². The summed E-state index contributed by atoms with van der Waals surface area (Å²) in [5.41, 5.74) is 8.30. The number of unbranched alkanes of at least 4 members (excludes halogenated alkanes) is 6. The van der Waals surface area contributed by atoms with Crippen molar-refractivity contribution in [2.75, 3.05) is 38.0 Å². The number of aliphatic hydroxyl groups excluding tert-OH is 1. The monoisotopic (exact) mass is 600 g/mol. The van der Waals surface area contributed by atoms with Crippen LogP contribution in [0, 0.1) is 5.92 Å². The van der Waals surface area contributed by atoms with Gasteiger partial charge in [0.15, 0.2) is 0 Å². The van der Waals surface area contributed by atoms with Gasteiger partial charge in [-0.3, -0.25) is 9.59 Å². The van der Waals surface area contributed by atoms with E-state index in [0.717, 1.165) is 63.0 Å². The van der Waals surface area contributed by atoms with Gasteiger partial charge in [-0.25, -0.2) is 0 Å². The van der Waals surface area contributed by atoms with E-state index in [1.54, 1.807) is 12.1 Å². The lowest BCUT2D eigenvalue weighted by molar-refractivity contribution is -0.123. The number of carbonyl (C=O) groups is 2. The highest BCUT2D eigenvalue weighted by Gasteiger charge is 2.49. The second kappa shape index (κ2) is 16.9. The highest BCUT2D eigenvalue weighted by molar-refractivity contribution is 5.91. The molecular weight excluding hydrogens is 552 g/mol. The van der Waals surface area contributed by atoms with Gasteiger partial charge in [-0.15, -0.1) is 0 Å². The van der Waals surface area contributed by atoms with E-state index in [1.807, 2.05) is 60.7 Å². The number of phenols is 1. The third-order valence-electron chi connectivity index (χ3n) is 9.02. The molecule has 4 rings (SSSR count). The zero-order chi connectivity index (χ0) is 31.2. The van der Waals surface area contributed by atoms with Gasteiger partial charge < -0.3 is 31.5 Å². The molecule has 2 atom stereocenters. The molecule has 2 unspecified atom stereocenters. The van der Waals surface area contributed by atoms with Crippen LogP contribution in [-0.4, -0.2) is 60.2 Å². The molecule has 1 aliphatic rings. The molecule has 1 heterocycles. The van der Waals surface area contributed by atoms with Crippen LogP contribution in [0.5, 0.6) is 5.75 Å². The highest BCUT2D eigenvalue weighted by Crippen LogP contribution is 2.43. The lowest BCUT2D eigenvalue weighted by atomic mass is 9.64. The van der Waals surface area contributed by atoms with Crippen LogP contribution in [0.4, 0.5) is 5.69 Å². The Bertz CT molecular complexity index is 1260. The number of rotatable bonds is 19. The molecule has 0 aromatic heterocycles. The van der Waals surface area contributed by atoms with Gasteiger partial charge in [0.05, 0.1) is 11.8 Å². The summed E-state index contributed by atoms with van der Waals surface area (Å²) in [5, 5.41) is 25.9. The quantitative estimate of drug-likeness (QED) is 0.0740. The molecule has 0 radical (unpaired) electrons. The molecule has 3 aromatic rings. The van der Waals surface area contributed by atoms with Crippen molar-refractivity contribution in [1.82, 2.24) is 10.2 Å². The molecule has 1 aliphatic heterocycles. The van der Waals surface area contributed by atoms with E-state index in [-0.39, 0.29) is 23.3 Å². The maximum absolute atomic E-state index is 13.3. The van der Waals surface area contributed by atoms with Gasteiger partial charge in [0, 0.05) is 13.1 Å². The van der Waals surface area contributed by atoms with Crippen molar-refractivity contribution in [1.29, 1.82) is 0 Å². The van der Waals surface area contributed by atoms with Gasteiger partial charge in [-0.1, -0.05) is 98.8 Å². The number of anilines is 1. The Morgan fingerprint density at radius 1 is 0.932 bits per heavy atom. The standard InChI is InChI=1S/C36H48N4O4/c37-35(44)36(29-14-8-6-9-15-29,30-16-10-7-11-17-30)31-20-23-40(26-31)22-13-5-3-1-2-4-12-21-38-25-34(43)28-18-19-33(42)32(24-28)39-27-41/h6-11,14-19,24,27,31,34,38,42-43H,1-5,12-13,20-23,25-26H2,(H2,37,44)(H,39,41). The second-order valence-electron chi connectivity index (χ2n) is 11.9. The number of primary amides is 1. The van der Waals surface area contributed by atoms with Crippen LogP contribution in [0.1, 0.15) is 74.2 Å². The SMILES string of the molecule is NC(=O)C(c1ccccc1)(c1ccccc1)C1CCN(CCCCCCCCCNCC(O)c2ccc(O)c(NC=O)c2)C1. The van der Waals surface area contributed by atoms with Crippen molar-refractivity contribution in [2.24, 2.45) is 11.7 Å². The van der Waals surface area contributed by atoms with E-state index >= 15 is 0 Å². The Labute approximate surface area is 261 Å². The van der Waals surface area contributed by atoms with E-state index in [4.69, 9.17) is 5.73 Å². The third-order valence-corrected chi connectivity index (χ3v) is 9.02. The van der Waals surface area contributed by atoms with E-state index in [1.165, 1.54) is 31.7 Å². The molecule has 8 heteroatoms. The molecule has 0 saturated carbocycles. The van der Waals surface area contributed by atoms with Gasteiger partial charge >= 0.3 is 0 Å². The normalized spacial score (nSPS) is 16.1. The maximum atomic E-state index is 13.3. The molecule has 0 aliphatic carbocycles. The Balaban J connectivity index is 1.11. The van der Waals surface area contributed by atoms with Crippen molar-refractivity contribution in [3.8, 4) is 5.75 Å². The van der Waals surface area contributed by atoms with E-state index in [2.05, 4.69) is 15.5 Å². The molecule has 44 heavy (non-hydrogen) atoms. The average Bonchev–Trinajstić information content (AvgIpc) is 3.51. The minimum absolute atomic E-state index is 0.0281. The summed E-state index contributed by atoms with van der Waals surface area (Å²) in [7, 11) is 0. The van der Waals surface area contributed by atoms with Crippen molar-refractivity contribution < 1.29 is 19.8 Å². The Kier molecular flexibility index (Phi) is 12.8. The number of benzene rings is 3. The number of aromatic hydroxyl groups is 1. The van der Waals surface area contributed by atoms with Crippen LogP contribution >= 0.6 is 0 Å². The van der Waals surface area contributed by atoms with E-state index < -0.39 is 11.5 Å². The molecule has 8 nitrogen and oxygen atoms in total. The fourth-order valence-electron chi connectivity index (χ4n) is 6.68. The summed E-state index contributed by atoms with van der Waals surface area (Å²) in [6, 6.07) is 24.8. The third kappa shape index (κ3) is 8.46. The molecule has 3 aromatic carbocycles. The number of nitrogens with two attached hydrogens (primary N) is 1. The highest BCUT2D eigenvalue weighted by atomic mass is 16.3. The molecule has 236 valence electrons. The predicted molar refractivity (Wildman–Crippen MR) is 175 cm³/mol. The second-order valence-corrected chi connectivity index (χ2v) is 11.9. The largest absolute Gasteiger partial charge is 0.506 e. The first kappa shape index (κ1) is 33.2. The summed E-state index contributed by atoms with van der Waals surface area (Å²) in [4.78, 5) is 26.4. The number of likely N-dealkylation sites (tertiary alicyclic amines) is 1. The number of hydrogen-bond donors (Lipinski definition) is 5. The predicted octanol–water partition coefficient (Wildman–Crippen LogP) is 5.11. The van der Waals surface area contributed by atoms with E-state index in [9.17, 15) is 19.8 Å². The first-order valence-corrected chi connectivity index (χ1v) is 16.0. The van der Waals surface area contributed by atoms with Crippen LogP contribution in [-0.2, 0) is 15.0 Å². The number of aliphatic hydroxyl groups is 1. The summed E-state index contributed by atoms with van der Waals surface area (Å²) >= 11 is 0. The fourth-order valence-corrected chi connectivity index (χ4v) is 6.68. The molecule has 0 bridgehead atoms. The van der Waals surface area contributed by atoms with Crippen molar-refractivity contribution in [2.45, 2.75) is 62.9 Å². The molecule has 1 saturated heterocycles. The van der Waals surface area contributed by atoms with Crippen LogP contribution < -0.4 is 16.4 Å². The summed E-state index contributed by atoms with van der Waals surface area (Å²) < 4.78 is 0. The fraction of sp³-hybridized carbons (Fsp3) is 0.444.